The summed E-state index contributed by atoms with van der Waals surface area (Å²) >= 11 is 0. The minimum atomic E-state index is 0.961. The first-order valence-electron chi connectivity index (χ1n) is 6.08. The van der Waals surface area contributed by atoms with Gasteiger partial charge in [0.2, 0.25) is 0 Å². The molecule has 1 aliphatic carbocycles. The summed E-state index contributed by atoms with van der Waals surface area (Å²) in [6.07, 6.45) is 13.2. The molecule has 0 aromatic rings. The van der Waals surface area contributed by atoms with Crippen molar-refractivity contribution < 1.29 is 0 Å². The van der Waals surface area contributed by atoms with Crippen LogP contribution in [-0.4, -0.2) is 13.6 Å². The number of hydrogen-bond donors (Lipinski definition) is 1. The second-order valence-corrected chi connectivity index (χ2v) is 4.48. The molecule has 1 nitrogen and oxygen atoms in total. The van der Waals surface area contributed by atoms with Crippen molar-refractivity contribution in [2.24, 2.45) is 5.92 Å². The summed E-state index contributed by atoms with van der Waals surface area (Å²) in [4.78, 5) is 0. The van der Waals surface area contributed by atoms with E-state index >= 15 is 0 Å². The van der Waals surface area contributed by atoms with Crippen LogP contribution in [0.4, 0.5) is 0 Å². The predicted molar refractivity (Wildman–Crippen MR) is 59.0 cm³/mol. The molecule has 13 heavy (non-hydrogen) atoms. The minimum absolute atomic E-state index is 0.961. The lowest BCUT2D eigenvalue weighted by Crippen LogP contribution is -2.19. The molecule has 0 radical (unpaired) electrons. The molecule has 1 fully saturated rings. The fraction of sp³-hybridized carbons (Fsp3) is 1.00. The Hall–Kier alpha value is -0.0400. The first kappa shape index (κ1) is 11.0. The first-order chi connectivity index (χ1) is 6.43. The topological polar surface area (TPSA) is 12.0 Å². The van der Waals surface area contributed by atoms with Crippen LogP contribution in [-0.2, 0) is 0 Å². The van der Waals surface area contributed by atoms with Gasteiger partial charge in [-0.25, -0.2) is 0 Å². The Morgan fingerprint density at radius 2 is 1.31 bits per heavy atom. The normalized spacial score (nSPS) is 22.8. The minimum Gasteiger partial charge on any atom is -0.319 e. The zero-order chi connectivity index (χ0) is 9.36. The van der Waals surface area contributed by atoms with Crippen LogP contribution in [0, 0.1) is 5.92 Å². The Morgan fingerprint density at radius 1 is 0.846 bits per heavy atom. The third-order valence-electron chi connectivity index (χ3n) is 3.22. The maximum Gasteiger partial charge on any atom is -0.00235 e. The van der Waals surface area contributed by atoms with Crippen LogP contribution in [0.15, 0.2) is 0 Å². The fourth-order valence-corrected chi connectivity index (χ4v) is 2.39. The average molecular weight is 183 g/mol. The van der Waals surface area contributed by atoms with Gasteiger partial charge in [-0.15, -0.1) is 0 Å². The smallest absolute Gasteiger partial charge is 0.00235 e. The van der Waals surface area contributed by atoms with E-state index in [-0.39, 0.29) is 0 Å². The fourth-order valence-electron chi connectivity index (χ4n) is 2.39. The lowest BCUT2D eigenvalue weighted by Gasteiger charge is -2.17. The third kappa shape index (κ3) is 5.30. The monoisotopic (exact) mass is 183 g/mol. The molecule has 1 heteroatoms. The van der Waals surface area contributed by atoms with Crippen LogP contribution >= 0.6 is 0 Å². The van der Waals surface area contributed by atoms with Gasteiger partial charge in [-0.2, -0.15) is 0 Å². The van der Waals surface area contributed by atoms with Crippen molar-refractivity contribution in [2.45, 2.75) is 57.8 Å². The van der Waals surface area contributed by atoms with E-state index in [0.29, 0.717) is 0 Å². The molecule has 0 aromatic carbocycles. The summed E-state index contributed by atoms with van der Waals surface area (Å²) < 4.78 is 0. The zero-order valence-corrected chi connectivity index (χ0v) is 9.15. The van der Waals surface area contributed by atoms with Crippen LogP contribution in [0.5, 0.6) is 0 Å². The molecule has 0 heterocycles. The lowest BCUT2D eigenvalue weighted by molar-refractivity contribution is 0.379. The van der Waals surface area contributed by atoms with Gasteiger partial charge in [0.25, 0.3) is 0 Å². The van der Waals surface area contributed by atoms with E-state index in [1.165, 1.54) is 64.3 Å². The summed E-state index contributed by atoms with van der Waals surface area (Å²) in [5, 5.41) is 3.32. The molecule has 1 aliphatic rings. The van der Waals surface area contributed by atoms with Crippen LogP contribution in [0.3, 0.4) is 0 Å². The Balaban J connectivity index is 2.18. The highest BCUT2D eigenvalue weighted by Gasteiger charge is 2.08. The maximum atomic E-state index is 3.32. The van der Waals surface area contributed by atoms with Crippen LogP contribution in [0.2, 0.25) is 0 Å². The van der Waals surface area contributed by atoms with E-state index in [1.807, 2.05) is 0 Å². The molecular formula is C12H25N. The molecule has 0 bridgehead atoms. The van der Waals surface area contributed by atoms with Crippen molar-refractivity contribution in [1.29, 1.82) is 0 Å². The molecular weight excluding hydrogens is 158 g/mol. The predicted octanol–water partition coefficient (Wildman–Crippen LogP) is 3.35. The Kier molecular flexibility index (Phi) is 6.26. The van der Waals surface area contributed by atoms with Gasteiger partial charge in [-0.3, -0.25) is 0 Å². The number of nitrogens with one attached hydrogen (secondary N) is 1. The molecule has 0 spiro atoms. The number of rotatable bonds is 2. The third-order valence-corrected chi connectivity index (χ3v) is 3.22. The highest BCUT2D eigenvalue weighted by atomic mass is 14.8. The Bertz CT molecular complexity index is 102. The molecule has 0 saturated heterocycles. The van der Waals surface area contributed by atoms with Crippen molar-refractivity contribution in [3.63, 3.8) is 0 Å². The van der Waals surface area contributed by atoms with E-state index in [4.69, 9.17) is 0 Å². The summed E-state index contributed by atoms with van der Waals surface area (Å²) in [5.74, 6) is 0.961. The molecule has 0 unspecified atom stereocenters. The maximum absolute atomic E-state index is 3.32. The second kappa shape index (κ2) is 7.37. The first-order valence-corrected chi connectivity index (χ1v) is 6.08. The van der Waals surface area contributed by atoms with Crippen molar-refractivity contribution in [3.05, 3.63) is 0 Å². The molecule has 0 aromatic heterocycles. The highest BCUT2D eigenvalue weighted by molar-refractivity contribution is 4.63. The van der Waals surface area contributed by atoms with E-state index in [2.05, 4.69) is 12.4 Å². The van der Waals surface area contributed by atoms with Crippen molar-refractivity contribution in [3.8, 4) is 0 Å². The van der Waals surface area contributed by atoms with Gasteiger partial charge in [-0.1, -0.05) is 44.9 Å². The Morgan fingerprint density at radius 3 is 1.77 bits per heavy atom. The SMILES string of the molecule is CNCC1CCCCCCCCC1. The van der Waals surface area contributed by atoms with Crippen LogP contribution in [0.25, 0.3) is 0 Å². The van der Waals surface area contributed by atoms with Crippen molar-refractivity contribution >= 4 is 0 Å². The molecule has 0 aliphatic heterocycles. The highest BCUT2D eigenvalue weighted by Crippen LogP contribution is 2.20. The Labute approximate surface area is 83.3 Å². The largest absolute Gasteiger partial charge is 0.319 e. The van der Waals surface area contributed by atoms with Gasteiger partial charge in [0.15, 0.2) is 0 Å². The van der Waals surface area contributed by atoms with Gasteiger partial charge in [0, 0.05) is 0 Å². The summed E-state index contributed by atoms with van der Waals surface area (Å²) in [5.41, 5.74) is 0. The van der Waals surface area contributed by atoms with E-state index < -0.39 is 0 Å². The zero-order valence-electron chi connectivity index (χ0n) is 9.15. The molecule has 1 saturated carbocycles. The van der Waals surface area contributed by atoms with E-state index in [0.717, 1.165) is 5.92 Å². The summed E-state index contributed by atoms with van der Waals surface area (Å²) in [6, 6.07) is 0. The quantitative estimate of drug-likeness (QED) is 0.692. The van der Waals surface area contributed by atoms with Crippen molar-refractivity contribution in [1.82, 2.24) is 5.32 Å². The number of hydrogen-bond acceptors (Lipinski definition) is 1. The van der Waals surface area contributed by atoms with E-state index in [9.17, 15) is 0 Å². The standard InChI is InChI=1S/C12H25N/c1-13-11-12-9-7-5-3-2-4-6-8-10-12/h12-13H,2-11H2,1H3. The molecule has 78 valence electrons. The second-order valence-electron chi connectivity index (χ2n) is 4.48. The molecule has 1 N–H and O–H groups in total. The van der Waals surface area contributed by atoms with Crippen LogP contribution < -0.4 is 5.32 Å². The summed E-state index contributed by atoms with van der Waals surface area (Å²) in [7, 11) is 2.08. The van der Waals surface area contributed by atoms with Gasteiger partial charge < -0.3 is 5.32 Å². The van der Waals surface area contributed by atoms with Crippen LogP contribution in [0.1, 0.15) is 57.8 Å². The van der Waals surface area contributed by atoms with Gasteiger partial charge >= 0.3 is 0 Å². The van der Waals surface area contributed by atoms with Gasteiger partial charge in [0.1, 0.15) is 0 Å². The molecule has 0 atom stereocenters. The van der Waals surface area contributed by atoms with Gasteiger partial charge in [0.05, 0.1) is 0 Å². The van der Waals surface area contributed by atoms with Gasteiger partial charge in [-0.05, 0) is 32.4 Å². The summed E-state index contributed by atoms with van der Waals surface area (Å²) in [6.45, 7) is 1.24. The van der Waals surface area contributed by atoms with E-state index in [1.54, 1.807) is 0 Å². The molecule has 1 rings (SSSR count). The van der Waals surface area contributed by atoms with Crippen molar-refractivity contribution in [2.75, 3.05) is 13.6 Å². The lowest BCUT2D eigenvalue weighted by atomic mass is 9.92. The molecule has 0 amide bonds. The average Bonchev–Trinajstić information content (AvgIpc) is 2.16.